The number of aliphatic carboxylic acids is 1. The van der Waals surface area contributed by atoms with Gasteiger partial charge in [0.15, 0.2) is 0 Å². The molecular formula is C9H13NO4S2. The number of carboxylic acid groups (broad SMARTS) is 1. The summed E-state index contributed by atoms with van der Waals surface area (Å²) in [5.74, 6) is -1.35. The number of carbonyl (C=O) groups excluding carboxylic acids is 1. The zero-order chi connectivity index (χ0) is 12.3. The van der Waals surface area contributed by atoms with E-state index in [2.05, 4.69) is 12.6 Å². The van der Waals surface area contributed by atoms with E-state index in [4.69, 9.17) is 9.84 Å². The smallest absolute Gasteiger partial charge is 0.327 e. The van der Waals surface area contributed by atoms with Crippen LogP contribution in [0, 0.1) is 0 Å². The van der Waals surface area contributed by atoms with Gasteiger partial charge in [-0.2, -0.15) is 0 Å². The molecule has 0 bridgehead atoms. The van der Waals surface area contributed by atoms with Gasteiger partial charge in [0.25, 0.3) is 5.91 Å². The maximum atomic E-state index is 11.8. The maximum Gasteiger partial charge on any atom is 0.327 e. The Morgan fingerprint density at radius 1 is 1.62 bits per heavy atom. The molecule has 0 radical (unpaired) electrons. The molecule has 0 saturated carbocycles. The number of methoxy groups -OCH3 is 1. The summed E-state index contributed by atoms with van der Waals surface area (Å²) < 4.78 is 4.55. The zero-order valence-corrected chi connectivity index (χ0v) is 10.8. The highest BCUT2D eigenvalue weighted by molar-refractivity contribution is 8.02. The maximum absolute atomic E-state index is 11.8. The number of fused-ring (bicyclic) bond motifs is 1. The third kappa shape index (κ3) is 1.25. The molecule has 16 heavy (non-hydrogen) atoms. The van der Waals surface area contributed by atoms with Crippen LogP contribution >= 0.6 is 24.4 Å². The number of thioether (sulfide) groups is 1. The summed E-state index contributed by atoms with van der Waals surface area (Å²) in [4.78, 5) is 23.2. The van der Waals surface area contributed by atoms with Gasteiger partial charge in [-0.1, -0.05) is 0 Å². The lowest BCUT2D eigenvalue weighted by molar-refractivity contribution is -0.177. The molecule has 0 aromatic heterocycles. The van der Waals surface area contributed by atoms with Gasteiger partial charge in [0, 0.05) is 11.9 Å². The fourth-order valence-corrected chi connectivity index (χ4v) is 4.20. The van der Waals surface area contributed by atoms with Crippen LogP contribution in [0.4, 0.5) is 0 Å². The summed E-state index contributed by atoms with van der Waals surface area (Å²) in [6, 6.07) is -0.814. The van der Waals surface area contributed by atoms with Crippen LogP contribution in [0.3, 0.4) is 0 Å². The Balaban J connectivity index is 2.35. The van der Waals surface area contributed by atoms with Crippen LogP contribution < -0.4 is 0 Å². The van der Waals surface area contributed by atoms with Crippen molar-refractivity contribution >= 4 is 36.3 Å². The highest BCUT2D eigenvalue weighted by atomic mass is 32.2. The summed E-state index contributed by atoms with van der Waals surface area (Å²) in [7, 11) is 1.41. The summed E-state index contributed by atoms with van der Waals surface area (Å²) in [6.07, 6.45) is 0. The lowest BCUT2D eigenvalue weighted by atomic mass is 9.97. The van der Waals surface area contributed by atoms with E-state index in [1.807, 2.05) is 13.8 Å². The number of amides is 1. The molecule has 5 nitrogen and oxygen atoms in total. The van der Waals surface area contributed by atoms with E-state index >= 15 is 0 Å². The number of thiol groups is 1. The number of ether oxygens (including phenoxy) is 1. The Morgan fingerprint density at radius 3 is 2.62 bits per heavy atom. The van der Waals surface area contributed by atoms with Crippen molar-refractivity contribution in [1.82, 2.24) is 4.90 Å². The van der Waals surface area contributed by atoms with Crippen LogP contribution in [0.1, 0.15) is 13.8 Å². The third-order valence-electron chi connectivity index (χ3n) is 3.03. The van der Waals surface area contributed by atoms with Gasteiger partial charge in [-0.25, -0.2) is 4.79 Å². The average Bonchev–Trinajstić information content (AvgIpc) is 2.46. The van der Waals surface area contributed by atoms with Crippen molar-refractivity contribution in [3.05, 3.63) is 0 Å². The Morgan fingerprint density at radius 2 is 2.19 bits per heavy atom. The van der Waals surface area contributed by atoms with Crippen molar-refractivity contribution in [2.24, 2.45) is 0 Å². The molecule has 2 rings (SSSR count). The predicted molar refractivity (Wildman–Crippen MR) is 62.5 cm³/mol. The van der Waals surface area contributed by atoms with E-state index in [0.717, 1.165) is 0 Å². The Labute approximate surface area is 103 Å². The lowest BCUT2D eigenvalue weighted by Gasteiger charge is -2.48. The minimum absolute atomic E-state index is 0.329. The van der Waals surface area contributed by atoms with Crippen molar-refractivity contribution in [3.8, 4) is 0 Å². The number of carbonyl (C=O) groups is 2. The SMILES string of the molecule is CO[C@@]1(S)C(=O)N2[C@@H](C(=O)O)C(C)(C)S[C@@H]21. The lowest BCUT2D eigenvalue weighted by Crippen LogP contribution is -2.71. The molecule has 2 heterocycles. The molecule has 0 aromatic carbocycles. The van der Waals surface area contributed by atoms with Crippen LogP contribution in [0.15, 0.2) is 0 Å². The van der Waals surface area contributed by atoms with Crippen molar-refractivity contribution in [2.45, 2.75) is 34.9 Å². The largest absolute Gasteiger partial charge is 0.480 e. The molecule has 0 unspecified atom stereocenters. The number of rotatable bonds is 2. The van der Waals surface area contributed by atoms with Gasteiger partial charge >= 0.3 is 5.97 Å². The van der Waals surface area contributed by atoms with E-state index in [1.165, 1.54) is 23.8 Å². The summed E-state index contributed by atoms with van der Waals surface area (Å²) in [5.41, 5.74) is 0. The van der Waals surface area contributed by atoms with Crippen molar-refractivity contribution in [1.29, 1.82) is 0 Å². The Kier molecular flexibility index (Phi) is 2.49. The summed E-state index contributed by atoms with van der Waals surface area (Å²) in [5, 5.41) is 8.83. The van der Waals surface area contributed by atoms with Crippen LogP contribution in [0.5, 0.6) is 0 Å². The predicted octanol–water partition coefficient (Wildman–Crippen LogP) is 0.406. The molecule has 0 aliphatic carbocycles. The summed E-state index contributed by atoms with van der Waals surface area (Å²) >= 11 is 5.61. The van der Waals surface area contributed by atoms with Crippen molar-refractivity contribution < 1.29 is 19.4 Å². The Bertz CT molecular complexity index is 373. The molecule has 2 fully saturated rings. The molecule has 7 heteroatoms. The van der Waals surface area contributed by atoms with Gasteiger partial charge < -0.3 is 14.7 Å². The first kappa shape index (κ1) is 12.1. The van der Waals surface area contributed by atoms with Crippen LogP contribution in [0.25, 0.3) is 0 Å². The van der Waals surface area contributed by atoms with E-state index in [-0.39, 0.29) is 11.3 Å². The molecular weight excluding hydrogens is 250 g/mol. The molecule has 2 aliphatic rings. The molecule has 3 atom stereocenters. The molecule has 1 N–H and O–H groups in total. The molecule has 1 amide bonds. The number of β-lactam (4-membered cyclic amide) rings is 1. The minimum Gasteiger partial charge on any atom is -0.480 e. The number of hydrogen-bond acceptors (Lipinski definition) is 5. The molecule has 2 aliphatic heterocycles. The standard InChI is InChI=1S/C9H13NO4S2/c1-8(2)4(5(11)12)10-6(13)9(15,14-3)7(10)16-8/h4,7,15H,1-3H3,(H,11,12)/t4-,7+,9+/m0/s1. The highest BCUT2D eigenvalue weighted by Crippen LogP contribution is 2.57. The first-order valence-electron chi connectivity index (χ1n) is 4.76. The summed E-state index contributed by atoms with van der Waals surface area (Å²) in [6.45, 7) is 3.62. The van der Waals surface area contributed by atoms with Crippen LogP contribution in [-0.4, -0.2) is 50.1 Å². The van der Waals surface area contributed by atoms with Gasteiger partial charge in [-0.3, -0.25) is 4.79 Å². The second kappa shape index (κ2) is 3.30. The topological polar surface area (TPSA) is 66.8 Å². The molecule has 2 saturated heterocycles. The molecule has 0 aromatic rings. The van der Waals surface area contributed by atoms with Gasteiger partial charge in [0.2, 0.25) is 4.93 Å². The van der Waals surface area contributed by atoms with E-state index in [0.29, 0.717) is 0 Å². The zero-order valence-electron chi connectivity index (χ0n) is 9.13. The first-order chi connectivity index (χ1) is 7.25. The van der Waals surface area contributed by atoms with Gasteiger partial charge in [0.05, 0.1) is 0 Å². The number of carboxylic acids is 1. The van der Waals surface area contributed by atoms with Crippen molar-refractivity contribution in [3.63, 3.8) is 0 Å². The molecule has 90 valence electrons. The monoisotopic (exact) mass is 263 g/mol. The van der Waals surface area contributed by atoms with E-state index in [9.17, 15) is 9.59 Å². The normalized spacial score (nSPS) is 40.5. The van der Waals surface area contributed by atoms with Crippen molar-refractivity contribution in [2.75, 3.05) is 7.11 Å². The minimum atomic E-state index is -1.17. The second-order valence-corrected chi connectivity index (χ2v) is 6.83. The van der Waals surface area contributed by atoms with Crippen LogP contribution in [0.2, 0.25) is 0 Å². The number of hydrogen-bond donors (Lipinski definition) is 2. The van der Waals surface area contributed by atoms with Crippen LogP contribution in [-0.2, 0) is 14.3 Å². The van der Waals surface area contributed by atoms with Gasteiger partial charge in [-0.05, 0) is 13.8 Å². The number of nitrogens with zero attached hydrogens (tertiary/aromatic N) is 1. The van der Waals surface area contributed by atoms with Gasteiger partial charge in [-0.15, -0.1) is 24.4 Å². The Hall–Kier alpha value is -0.400. The van der Waals surface area contributed by atoms with Gasteiger partial charge in [0.1, 0.15) is 11.4 Å². The fourth-order valence-electron chi connectivity index (χ4n) is 2.20. The quantitative estimate of drug-likeness (QED) is 0.429. The average molecular weight is 263 g/mol. The van der Waals surface area contributed by atoms with E-state index < -0.39 is 21.7 Å². The molecule has 0 spiro atoms. The second-order valence-electron chi connectivity index (χ2n) is 4.43. The third-order valence-corrected chi connectivity index (χ3v) is 5.43. The fraction of sp³-hybridized carbons (Fsp3) is 0.778. The first-order valence-corrected chi connectivity index (χ1v) is 6.09. The highest BCUT2D eigenvalue weighted by Gasteiger charge is 2.70. The van der Waals surface area contributed by atoms with E-state index in [1.54, 1.807) is 0 Å².